The Hall–Kier alpha value is -2.93. The van der Waals surface area contributed by atoms with Gasteiger partial charge in [-0.25, -0.2) is 9.79 Å². The zero-order valence-electron chi connectivity index (χ0n) is 19.1. The molecule has 0 aromatic carbocycles. The maximum atomic E-state index is 12.2. The van der Waals surface area contributed by atoms with Gasteiger partial charge in [-0.1, -0.05) is 43.4 Å². The third kappa shape index (κ3) is 6.79. The van der Waals surface area contributed by atoms with Gasteiger partial charge in [-0.2, -0.15) is 0 Å². The SMILES string of the molecule is C=CC(=N/C=C(\C)C1=CC=CC(CN2CCCCC2)C=C1)N1CC(CNC(C)=O)OC1=O. The standard InChI is InChI=1S/C25H34N4O3/c1-4-24(29-18-23(32-25(29)31)16-26-20(3)30)27-15-19(2)22-10-8-9-21(11-12-22)17-28-13-6-5-7-14-28/h4,8-12,15,21,23H,1,5-7,13-14,16-18H2,2-3H3,(H,26,30)/b19-15+,27-24?. The molecule has 0 aromatic heterocycles. The molecule has 7 heteroatoms. The Morgan fingerprint density at radius 3 is 2.78 bits per heavy atom. The van der Waals surface area contributed by atoms with Crippen LogP contribution in [0, 0.1) is 5.92 Å². The van der Waals surface area contributed by atoms with E-state index in [-0.39, 0.29) is 12.5 Å². The summed E-state index contributed by atoms with van der Waals surface area (Å²) in [4.78, 5) is 31.8. The zero-order valence-corrected chi connectivity index (χ0v) is 19.1. The Labute approximate surface area is 190 Å². The fraction of sp³-hybridized carbons (Fsp3) is 0.480. The van der Waals surface area contributed by atoms with Crippen molar-refractivity contribution < 1.29 is 14.3 Å². The van der Waals surface area contributed by atoms with Crippen LogP contribution < -0.4 is 5.32 Å². The van der Waals surface area contributed by atoms with E-state index in [9.17, 15) is 9.59 Å². The summed E-state index contributed by atoms with van der Waals surface area (Å²) >= 11 is 0. The fourth-order valence-electron chi connectivity index (χ4n) is 4.02. The van der Waals surface area contributed by atoms with Crippen molar-refractivity contribution in [3.05, 3.63) is 60.4 Å². The van der Waals surface area contributed by atoms with Gasteiger partial charge in [0.15, 0.2) is 0 Å². The molecule has 7 nitrogen and oxygen atoms in total. The number of likely N-dealkylation sites (tertiary alicyclic amines) is 1. The number of hydrogen-bond donors (Lipinski definition) is 1. The maximum Gasteiger partial charge on any atom is 0.416 e. The molecule has 2 saturated heterocycles. The highest BCUT2D eigenvalue weighted by molar-refractivity contribution is 6.03. The normalized spacial score (nSPS) is 24.8. The molecule has 0 spiro atoms. The molecule has 0 saturated carbocycles. The molecule has 0 bridgehead atoms. The van der Waals surface area contributed by atoms with Gasteiger partial charge in [-0.3, -0.25) is 9.69 Å². The first kappa shape index (κ1) is 23.7. The number of hydrogen-bond acceptors (Lipinski definition) is 5. The molecule has 1 aliphatic carbocycles. The predicted molar refractivity (Wildman–Crippen MR) is 127 cm³/mol. The first-order valence-corrected chi connectivity index (χ1v) is 11.3. The Bertz CT molecular complexity index is 862. The highest BCUT2D eigenvalue weighted by atomic mass is 16.6. The maximum absolute atomic E-state index is 12.2. The lowest BCUT2D eigenvalue weighted by molar-refractivity contribution is -0.119. The third-order valence-corrected chi connectivity index (χ3v) is 5.83. The van der Waals surface area contributed by atoms with Crippen molar-refractivity contribution in [1.29, 1.82) is 0 Å². The quantitative estimate of drug-likeness (QED) is 0.487. The number of amidine groups is 1. The molecule has 0 radical (unpaired) electrons. The van der Waals surface area contributed by atoms with E-state index in [1.54, 1.807) is 6.20 Å². The minimum Gasteiger partial charge on any atom is -0.442 e. The topological polar surface area (TPSA) is 74.2 Å². The molecule has 2 atom stereocenters. The lowest BCUT2D eigenvalue weighted by Crippen LogP contribution is -2.34. The molecule has 32 heavy (non-hydrogen) atoms. The van der Waals surface area contributed by atoms with Gasteiger partial charge in [0.25, 0.3) is 0 Å². The first-order valence-electron chi connectivity index (χ1n) is 11.3. The van der Waals surface area contributed by atoms with E-state index in [0.717, 1.165) is 17.7 Å². The monoisotopic (exact) mass is 438 g/mol. The number of nitrogens with zero attached hydrogens (tertiary/aromatic N) is 3. The van der Waals surface area contributed by atoms with Gasteiger partial charge in [-0.15, -0.1) is 0 Å². The molecule has 2 amide bonds. The molecular formula is C25H34N4O3. The minimum atomic E-state index is -0.484. The van der Waals surface area contributed by atoms with Crippen molar-refractivity contribution in [1.82, 2.24) is 15.1 Å². The smallest absolute Gasteiger partial charge is 0.416 e. The molecule has 2 heterocycles. The summed E-state index contributed by atoms with van der Waals surface area (Å²) in [7, 11) is 0. The molecular weight excluding hydrogens is 404 g/mol. The van der Waals surface area contributed by atoms with Gasteiger partial charge in [0.1, 0.15) is 11.9 Å². The average Bonchev–Trinajstić information content (AvgIpc) is 2.99. The van der Waals surface area contributed by atoms with E-state index in [2.05, 4.69) is 52.2 Å². The fourth-order valence-corrected chi connectivity index (χ4v) is 4.02. The summed E-state index contributed by atoms with van der Waals surface area (Å²) in [6, 6.07) is 0. The largest absolute Gasteiger partial charge is 0.442 e. The molecule has 2 unspecified atom stereocenters. The summed E-state index contributed by atoms with van der Waals surface area (Å²) in [5.74, 6) is 0.672. The molecule has 172 valence electrons. The van der Waals surface area contributed by atoms with Gasteiger partial charge in [0, 0.05) is 25.6 Å². The van der Waals surface area contributed by atoms with E-state index < -0.39 is 12.2 Å². The number of nitrogens with one attached hydrogen (secondary N) is 1. The molecule has 1 N–H and O–H groups in total. The van der Waals surface area contributed by atoms with Gasteiger partial charge in [0.2, 0.25) is 5.91 Å². The second-order valence-corrected chi connectivity index (χ2v) is 8.45. The molecule has 2 aliphatic heterocycles. The number of rotatable bonds is 7. The number of piperidine rings is 1. The second kappa shape index (κ2) is 11.6. The molecule has 0 aromatic rings. The van der Waals surface area contributed by atoms with Crippen LogP contribution in [0.25, 0.3) is 0 Å². The number of allylic oxidation sites excluding steroid dienone is 5. The number of amides is 2. The van der Waals surface area contributed by atoms with Crippen LogP contribution in [0.1, 0.15) is 33.1 Å². The highest BCUT2D eigenvalue weighted by Crippen LogP contribution is 2.20. The Morgan fingerprint density at radius 1 is 1.28 bits per heavy atom. The van der Waals surface area contributed by atoms with Crippen LogP contribution in [-0.4, -0.2) is 66.5 Å². The van der Waals surface area contributed by atoms with Gasteiger partial charge < -0.3 is 15.0 Å². The van der Waals surface area contributed by atoms with Crippen LogP contribution in [-0.2, 0) is 9.53 Å². The van der Waals surface area contributed by atoms with E-state index in [0.29, 0.717) is 18.3 Å². The van der Waals surface area contributed by atoms with Gasteiger partial charge in [-0.05, 0) is 50.1 Å². The number of ether oxygens (including phenoxy) is 1. The second-order valence-electron chi connectivity index (χ2n) is 8.45. The number of carbonyl (C=O) groups excluding carboxylic acids is 2. The van der Waals surface area contributed by atoms with Gasteiger partial charge in [0.05, 0.1) is 13.1 Å². The third-order valence-electron chi connectivity index (χ3n) is 5.83. The first-order chi connectivity index (χ1) is 15.5. The van der Waals surface area contributed by atoms with E-state index in [1.807, 2.05) is 6.92 Å². The Morgan fingerprint density at radius 2 is 2.06 bits per heavy atom. The van der Waals surface area contributed by atoms with Crippen LogP contribution in [0.3, 0.4) is 0 Å². The number of cyclic esters (lactones) is 1. The highest BCUT2D eigenvalue weighted by Gasteiger charge is 2.33. The van der Waals surface area contributed by atoms with E-state index in [1.165, 1.54) is 50.3 Å². The van der Waals surface area contributed by atoms with Crippen LogP contribution in [0.5, 0.6) is 0 Å². The Balaban J connectivity index is 1.61. The van der Waals surface area contributed by atoms with Crippen molar-refractivity contribution in [3.63, 3.8) is 0 Å². The number of aliphatic imine (C=N–C) groups is 1. The van der Waals surface area contributed by atoms with E-state index in [4.69, 9.17) is 4.74 Å². The van der Waals surface area contributed by atoms with Crippen molar-refractivity contribution in [2.75, 3.05) is 32.7 Å². The van der Waals surface area contributed by atoms with Crippen molar-refractivity contribution in [3.8, 4) is 0 Å². The summed E-state index contributed by atoms with van der Waals surface area (Å²) in [6.45, 7) is 11.3. The van der Waals surface area contributed by atoms with Crippen LogP contribution >= 0.6 is 0 Å². The molecule has 3 rings (SSSR count). The summed E-state index contributed by atoms with van der Waals surface area (Å²) in [5.41, 5.74) is 2.08. The van der Waals surface area contributed by atoms with Crippen molar-refractivity contribution in [2.24, 2.45) is 10.9 Å². The van der Waals surface area contributed by atoms with Crippen LogP contribution in [0.15, 0.2) is 65.4 Å². The van der Waals surface area contributed by atoms with Crippen molar-refractivity contribution in [2.45, 2.75) is 39.2 Å². The lowest BCUT2D eigenvalue weighted by Gasteiger charge is -2.28. The Kier molecular flexibility index (Phi) is 8.62. The number of carbonyl (C=O) groups is 2. The summed E-state index contributed by atoms with van der Waals surface area (Å²) < 4.78 is 5.31. The van der Waals surface area contributed by atoms with Gasteiger partial charge >= 0.3 is 6.09 Å². The average molecular weight is 439 g/mol. The van der Waals surface area contributed by atoms with Crippen LogP contribution in [0.4, 0.5) is 4.79 Å². The van der Waals surface area contributed by atoms with Crippen LogP contribution in [0.2, 0.25) is 0 Å². The predicted octanol–water partition coefficient (Wildman–Crippen LogP) is 3.59. The molecule has 3 aliphatic rings. The van der Waals surface area contributed by atoms with Crippen molar-refractivity contribution >= 4 is 17.8 Å². The summed E-state index contributed by atoms with van der Waals surface area (Å²) in [5, 5.41) is 2.67. The molecule has 2 fully saturated rings. The summed E-state index contributed by atoms with van der Waals surface area (Å²) in [6.07, 6.45) is 17.2. The van der Waals surface area contributed by atoms with E-state index >= 15 is 0 Å². The zero-order chi connectivity index (χ0) is 22.9. The minimum absolute atomic E-state index is 0.160. The lowest BCUT2D eigenvalue weighted by atomic mass is 10.0.